The van der Waals surface area contributed by atoms with E-state index in [1.807, 2.05) is 0 Å². The van der Waals surface area contributed by atoms with Crippen LogP contribution >= 0.6 is 0 Å². The van der Waals surface area contributed by atoms with Crippen LogP contribution in [0, 0.1) is 24.0 Å². The van der Waals surface area contributed by atoms with E-state index in [1.54, 1.807) is 26.8 Å². The number of hydrazone groups is 1. The van der Waals surface area contributed by atoms with Crippen molar-refractivity contribution in [3.63, 3.8) is 0 Å². The Morgan fingerprint density at radius 3 is 2.77 bits per heavy atom. The predicted molar refractivity (Wildman–Crippen MR) is 94.4 cm³/mol. The molecule has 1 aromatic heterocycles. The van der Waals surface area contributed by atoms with Gasteiger partial charge in [-0.2, -0.15) is 5.10 Å². The Labute approximate surface area is 149 Å². The second kappa shape index (κ2) is 8.06. The van der Waals surface area contributed by atoms with E-state index in [0.717, 1.165) is 0 Å². The van der Waals surface area contributed by atoms with Crippen molar-refractivity contribution in [2.24, 2.45) is 5.10 Å². The minimum absolute atomic E-state index is 0.0739. The lowest BCUT2D eigenvalue weighted by Crippen LogP contribution is -2.19. The van der Waals surface area contributed by atoms with Crippen molar-refractivity contribution in [2.75, 3.05) is 6.61 Å². The third kappa shape index (κ3) is 4.12. The molecule has 2 aromatic rings. The lowest BCUT2D eigenvalue weighted by Gasteiger charge is -2.02. The zero-order chi connectivity index (χ0) is 19.3. The lowest BCUT2D eigenvalue weighted by atomic mass is 10.1. The number of H-pyrrole nitrogens is 1. The fourth-order valence-corrected chi connectivity index (χ4v) is 2.43. The van der Waals surface area contributed by atoms with Crippen LogP contribution in [-0.4, -0.2) is 34.6 Å². The summed E-state index contributed by atoms with van der Waals surface area (Å²) in [6, 6.07) is 5.83. The molecule has 9 nitrogen and oxygen atoms in total. The van der Waals surface area contributed by atoms with Crippen LogP contribution in [-0.2, 0) is 4.74 Å². The first-order valence-corrected chi connectivity index (χ1v) is 7.79. The molecule has 0 radical (unpaired) electrons. The molecule has 0 aliphatic carbocycles. The van der Waals surface area contributed by atoms with E-state index < -0.39 is 16.8 Å². The number of aryl methyl sites for hydroxylation is 1. The number of hydrogen-bond acceptors (Lipinski definition) is 6. The summed E-state index contributed by atoms with van der Waals surface area (Å²) >= 11 is 0. The van der Waals surface area contributed by atoms with E-state index in [0.29, 0.717) is 22.4 Å². The Balaban J connectivity index is 2.13. The van der Waals surface area contributed by atoms with Gasteiger partial charge in [-0.15, -0.1) is 0 Å². The zero-order valence-electron chi connectivity index (χ0n) is 14.5. The molecule has 0 aliphatic rings. The van der Waals surface area contributed by atoms with Gasteiger partial charge in [0.05, 0.1) is 23.3 Å². The molecular weight excluding hydrogens is 340 g/mol. The van der Waals surface area contributed by atoms with Crippen LogP contribution in [0.2, 0.25) is 0 Å². The van der Waals surface area contributed by atoms with E-state index in [1.165, 1.54) is 24.4 Å². The molecule has 1 heterocycles. The average molecular weight is 358 g/mol. The maximum atomic E-state index is 12.3. The van der Waals surface area contributed by atoms with Crippen LogP contribution in [0.25, 0.3) is 0 Å². The van der Waals surface area contributed by atoms with Crippen molar-refractivity contribution >= 4 is 23.8 Å². The Hall–Kier alpha value is -3.49. The second-order valence-corrected chi connectivity index (χ2v) is 5.40. The summed E-state index contributed by atoms with van der Waals surface area (Å²) < 4.78 is 4.98. The van der Waals surface area contributed by atoms with Gasteiger partial charge in [0.2, 0.25) is 0 Å². The number of aromatic amines is 1. The van der Waals surface area contributed by atoms with Crippen molar-refractivity contribution in [3.05, 3.63) is 62.5 Å². The third-order valence-corrected chi connectivity index (χ3v) is 3.60. The van der Waals surface area contributed by atoms with E-state index in [4.69, 9.17) is 4.74 Å². The van der Waals surface area contributed by atoms with Gasteiger partial charge in [-0.25, -0.2) is 10.2 Å². The van der Waals surface area contributed by atoms with Gasteiger partial charge < -0.3 is 9.72 Å². The van der Waals surface area contributed by atoms with Gasteiger partial charge in [-0.1, -0.05) is 12.1 Å². The van der Waals surface area contributed by atoms with Crippen molar-refractivity contribution in [1.29, 1.82) is 0 Å². The van der Waals surface area contributed by atoms with Crippen LogP contribution in [0.5, 0.6) is 0 Å². The number of non-ortho nitro benzene ring substituents is 1. The number of nitrogens with zero attached hydrogens (tertiary/aromatic N) is 2. The number of carbonyl (C=O) groups excluding carboxylic acids is 2. The monoisotopic (exact) mass is 358 g/mol. The first-order chi connectivity index (χ1) is 12.3. The molecule has 0 saturated carbocycles. The third-order valence-electron chi connectivity index (χ3n) is 3.60. The summed E-state index contributed by atoms with van der Waals surface area (Å²) in [6.45, 7) is 5.24. The molecule has 26 heavy (non-hydrogen) atoms. The number of hydrogen-bond donors (Lipinski definition) is 2. The molecule has 1 amide bonds. The fraction of sp³-hybridized carbons (Fsp3) is 0.235. The van der Waals surface area contributed by atoms with Gasteiger partial charge in [0.25, 0.3) is 11.6 Å². The van der Waals surface area contributed by atoms with Gasteiger partial charge in [0.15, 0.2) is 0 Å². The van der Waals surface area contributed by atoms with Crippen LogP contribution in [0.1, 0.15) is 44.6 Å². The number of nitro benzene ring substituents is 1. The van der Waals surface area contributed by atoms with Gasteiger partial charge in [-0.3, -0.25) is 14.9 Å². The number of aromatic nitrogens is 1. The highest BCUT2D eigenvalue weighted by Gasteiger charge is 2.22. The Morgan fingerprint density at radius 1 is 1.38 bits per heavy atom. The van der Waals surface area contributed by atoms with E-state index in [9.17, 15) is 19.7 Å². The average Bonchev–Trinajstić information content (AvgIpc) is 2.90. The lowest BCUT2D eigenvalue weighted by molar-refractivity contribution is -0.384. The van der Waals surface area contributed by atoms with Crippen LogP contribution in [0.4, 0.5) is 5.69 Å². The highest BCUT2D eigenvalue weighted by Crippen LogP contribution is 2.19. The largest absolute Gasteiger partial charge is 0.462 e. The van der Waals surface area contributed by atoms with Crippen molar-refractivity contribution < 1.29 is 19.2 Å². The normalized spacial score (nSPS) is 10.7. The van der Waals surface area contributed by atoms with Gasteiger partial charge in [-0.05, 0) is 26.3 Å². The Kier molecular flexibility index (Phi) is 5.84. The topological polar surface area (TPSA) is 127 Å². The maximum absolute atomic E-state index is 12.3. The molecular formula is C17H18N4O5. The smallest absolute Gasteiger partial charge is 0.340 e. The van der Waals surface area contributed by atoms with Crippen LogP contribution in [0.3, 0.4) is 0 Å². The minimum Gasteiger partial charge on any atom is -0.462 e. The van der Waals surface area contributed by atoms with Crippen LogP contribution in [0.15, 0.2) is 29.4 Å². The summed E-state index contributed by atoms with van der Waals surface area (Å²) in [5.41, 5.74) is 4.22. The van der Waals surface area contributed by atoms with Crippen LogP contribution < -0.4 is 5.43 Å². The number of nitrogens with one attached hydrogen (secondary N) is 2. The molecule has 0 atom stereocenters. The molecule has 0 fully saturated rings. The minimum atomic E-state index is -0.539. The van der Waals surface area contributed by atoms with Gasteiger partial charge in [0.1, 0.15) is 5.69 Å². The highest BCUT2D eigenvalue weighted by molar-refractivity contribution is 6.00. The standard InChI is InChI=1S/C17H18N4O5/c1-4-26-17(23)14-10(2)15(19-11(14)3)16(22)20-18-9-12-6-5-7-13(8-12)21(24)25/h5-9,19H,4H2,1-3H3,(H,20,22). The molecule has 0 saturated heterocycles. The number of nitro groups is 1. The summed E-state index contributed by atoms with van der Waals surface area (Å²) in [5.74, 6) is -1.04. The fourth-order valence-electron chi connectivity index (χ4n) is 2.43. The molecule has 0 bridgehead atoms. The molecule has 0 aliphatic heterocycles. The Morgan fingerprint density at radius 2 is 2.12 bits per heavy atom. The molecule has 0 unspecified atom stereocenters. The first-order valence-electron chi connectivity index (χ1n) is 7.79. The van der Waals surface area contributed by atoms with E-state index >= 15 is 0 Å². The highest BCUT2D eigenvalue weighted by atomic mass is 16.6. The Bertz CT molecular complexity index is 885. The second-order valence-electron chi connectivity index (χ2n) is 5.40. The van der Waals surface area contributed by atoms with Gasteiger partial charge in [0, 0.05) is 23.4 Å². The molecule has 136 valence electrons. The molecule has 9 heteroatoms. The first kappa shape index (κ1) is 18.8. The number of benzene rings is 1. The molecule has 0 spiro atoms. The number of esters is 1. The van der Waals surface area contributed by atoms with E-state index in [2.05, 4.69) is 15.5 Å². The molecule has 1 aromatic carbocycles. The van der Waals surface area contributed by atoms with E-state index in [-0.39, 0.29) is 18.0 Å². The summed E-state index contributed by atoms with van der Waals surface area (Å²) in [6.07, 6.45) is 1.29. The van der Waals surface area contributed by atoms with Gasteiger partial charge >= 0.3 is 5.97 Å². The number of ether oxygens (including phenoxy) is 1. The number of rotatable bonds is 6. The summed E-state index contributed by atoms with van der Waals surface area (Å²) in [4.78, 5) is 37.3. The summed E-state index contributed by atoms with van der Waals surface area (Å²) in [5, 5.41) is 14.5. The molecule has 2 rings (SSSR count). The van der Waals surface area contributed by atoms with Crippen molar-refractivity contribution in [2.45, 2.75) is 20.8 Å². The summed E-state index contributed by atoms with van der Waals surface area (Å²) in [7, 11) is 0. The zero-order valence-corrected chi connectivity index (χ0v) is 14.5. The number of carbonyl (C=O) groups is 2. The predicted octanol–water partition coefficient (Wildman–Crippen LogP) is 2.48. The number of amides is 1. The quantitative estimate of drug-likeness (QED) is 0.355. The van der Waals surface area contributed by atoms with Crippen molar-refractivity contribution in [3.8, 4) is 0 Å². The van der Waals surface area contributed by atoms with Crippen molar-refractivity contribution in [1.82, 2.24) is 10.4 Å². The molecule has 2 N–H and O–H groups in total. The maximum Gasteiger partial charge on any atom is 0.340 e. The SMILES string of the molecule is CCOC(=O)c1c(C)[nH]c(C(=O)NN=Cc2cccc([N+](=O)[O-])c2)c1C.